The molecule has 0 radical (unpaired) electrons. The van der Waals surface area contributed by atoms with E-state index in [0.29, 0.717) is 12.3 Å². The Hall–Kier alpha value is -0.580. The van der Waals surface area contributed by atoms with E-state index in [1.165, 1.54) is 25.7 Å². The summed E-state index contributed by atoms with van der Waals surface area (Å²) < 4.78 is 23.3. The number of hydrogen-bond donors (Lipinski definition) is 0. The molecule has 1 amide bonds. The highest BCUT2D eigenvalue weighted by molar-refractivity contribution is 7.91. The fourth-order valence-corrected chi connectivity index (χ4v) is 5.03. The molecule has 0 N–H and O–H groups in total. The number of sulfone groups is 1. The van der Waals surface area contributed by atoms with Gasteiger partial charge in [0.1, 0.15) is 0 Å². The summed E-state index contributed by atoms with van der Waals surface area (Å²) in [5, 5.41) is 0. The third-order valence-electron chi connectivity index (χ3n) is 5.31. The minimum Gasteiger partial charge on any atom is -0.342 e. The smallest absolute Gasteiger partial charge is 0.222 e. The first-order chi connectivity index (χ1) is 9.32. The average molecular weight is 301 g/mol. The van der Waals surface area contributed by atoms with Gasteiger partial charge in [0.25, 0.3) is 0 Å². The molecule has 4 atom stereocenters. The molecular weight excluding hydrogens is 274 g/mol. The lowest BCUT2D eigenvalue weighted by Crippen LogP contribution is -2.40. The van der Waals surface area contributed by atoms with Crippen molar-refractivity contribution in [1.82, 2.24) is 4.90 Å². The van der Waals surface area contributed by atoms with E-state index in [2.05, 4.69) is 0 Å². The van der Waals surface area contributed by atoms with Crippen molar-refractivity contribution in [3.05, 3.63) is 0 Å². The Labute approximate surface area is 122 Å². The van der Waals surface area contributed by atoms with Crippen molar-refractivity contribution in [1.29, 1.82) is 0 Å². The van der Waals surface area contributed by atoms with Gasteiger partial charge in [0.15, 0.2) is 9.84 Å². The Morgan fingerprint density at radius 2 is 2.00 bits per heavy atom. The van der Waals surface area contributed by atoms with Gasteiger partial charge in [-0.15, -0.1) is 0 Å². The molecule has 0 aromatic rings. The number of hydrogen-bond acceptors (Lipinski definition) is 3. The molecule has 2 aliphatic carbocycles. The van der Waals surface area contributed by atoms with Crippen LogP contribution in [-0.2, 0) is 14.6 Å². The number of rotatable bonds is 6. The van der Waals surface area contributed by atoms with Gasteiger partial charge in [-0.2, -0.15) is 0 Å². The lowest BCUT2D eigenvalue weighted by molar-refractivity contribution is -0.132. The Morgan fingerprint density at radius 3 is 2.50 bits per heavy atom. The molecule has 0 saturated heterocycles. The van der Waals surface area contributed by atoms with Gasteiger partial charge in [0, 0.05) is 25.3 Å². The highest BCUT2D eigenvalue weighted by atomic mass is 32.2. The van der Waals surface area contributed by atoms with E-state index in [0.717, 1.165) is 11.8 Å². The Kier molecular flexibility index (Phi) is 4.77. The largest absolute Gasteiger partial charge is 0.342 e. The summed E-state index contributed by atoms with van der Waals surface area (Å²) in [7, 11) is -1.29. The van der Waals surface area contributed by atoms with E-state index in [1.807, 2.05) is 6.92 Å². The second-order valence-electron chi connectivity index (χ2n) is 6.69. The van der Waals surface area contributed by atoms with Crippen molar-refractivity contribution in [3.63, 3.8) is 0 Å². The Bertz CT molecular complexity index is 460. The summed E-state index contributed by atoms with van der Waals surface area (Å²) in [6.45, 7) is 3.48. The lowest BCUT2D eigenvalue weighted by Gasteiger charge is -2.28. The maximum absolute atomic E-state index is 12.3. The van der Waals surface area contributed by atoms with Crippen molar-refractivity contribution in [2.45, 2.75) is 52.0 Å². The van der Waals surface area contributed by atoms with E-state index in [9.17, 15) is 13.2 Å². The van der Waals surface area contributed by atoms with E-state index >= 15 is 0 Å². The van der Waals surface area contributed by atoms with Crippen LogP contribution in [0.5, 0.6) is 0 Å². The Balaban J connectivity index is 1.85. The first-order valence-corrected chi connectivity index (χ1v) is 9.60. The molecule has 0 aromatic heterocycles. The SMILES string of the molecule is CCS(=O)(=O)CC(C)N(C)C(=O)CC1CC2CCC1C2. The first-order valence-electron chi connectivity index (χ1n) is 7.78. The van der Waals surface area contributed by atoms with Gasteiger partial charge in [0.05, 0.1) is 5.75 Å². The van der Waals surface area contributed by atoms with Crippen LogP contribution >= 0.6 is 0 Å². The first kappa shape index (κ1) is 15.8. The number of fused-ring (bicyclic) bond motifs is 2. The number of carbonyl (C=O) groups excluding carboxylic acids is 1. The van der Waals surface area contributed by atoms with Crippen LogP contribution in [0.2, 0.25) is 0 Å². The normalized spacial score (nSPS) is 30.4. The van der Waals surface area contributed by atoms with Crippen LogP contribution in [0, 0.1) is 17.8 Å². The lowest BCUT2D eigenvalue weighted by atomic mass is 9.86. The molecule has 2 rings (SSSR count). The van der Waals surface area contributed by atoms with Gasteiger partial charge < -0.3 is 4.90 Å². The summed E-state index contributed by atoms with van der Waals surface area (Å²) in [5.41, 5.74) is 0. The summed E-state index contributed by atoms with van der Waals surface area (Å²) in [4.78, 5) is 14.0. The molecule has 4 nitrogen and oxygen atoms in total. The molecule has 2 fully saturated rings. The molecule has 20 heavy (non-hydrogen) atoms. The minimum atomic E-state index is -3.03. The van der Waals surface area contributed by atoms with Gasteiger partial charge >= 0.3 is 0 Å². The molecule has 0 heterocycles. The molecule has 0 aromatic carbocycles. The van der Waals surface area contributed by atoms with Crippen LogP contribution in [0.4, 0.5) is 0 Å². The molecule has 116 valence electrons. The van der Waals surface area contributed by atoms with E-state index < -0.39 is 9.84 Å². The third-order valence-corrected chi connectivity index (χ3v) is 7.18. The number of amides is 1. The second-order valence-corrected chi connectivity index (χ2v) is 9.09. The molecule has 0 aliphatic heterocycles. The van der Waals surface area contributed by atoms with Gasteiger partial charge in [-0.05, 0) is 43.9 Å². The molecule has 2 bridgehead atoms. The van der Waals surface area contributed by atoms with Crippen LogP contribution in [-0.4, -0.2) is 43.8 Å². The topological polar surface area (TPSA) is 54.5 Å². The van der Waals surface area contributed by atoms with Gasteiger partial charge in [-0.3, -0.25) is 4.79 Å². The fraction of sp³-hybridized carbons (Fsp3) is 0.933. The maximum Gasteiger partial charge on any atom is 0.222 e. The minimum absolute atomic E-state index is 0.0719. The average Bonchev–Trinajstić information content (AvgIpc) is 2.99. The highest BCUT2D eigenvalue weighted by Gasteiger charge is 2.40. The zero-order chi connectivity index (χ0) is 14.9. The monoisotopic (exact) mass is 301 g/mol. The van der Waals surface area contributed by atoms with E-state index in [4.69, 9.17) is 0 Å². The van der Waals surface area contributed by atoms with Crippen molar-refractivity contribution in [2.24, 2.45) is 17.8 Å². The van der Waals surface area contributed by atoms with Gasteiger partial charge in [-0.25, -0.2) is 8.42 Å². The quantitative estimate of drug-likeness (QED) is 0.755. The van der Waals surface area contributed by atoms with Crippen molar-refractivity contribution in [2.75, 3.05) is 18.6 Å². The van der Waals surface area contributed by atoms with Gasteiger partial charge in [0.2, 0.25) is 5.91 Å². The number of nitrogens with zero attached hydrogens (tertiary/aromatic N) is 1. The molecule has 4 unspecified atom stereocenters. The second kappa shape index (κ2) is 6.04. The Morgan fingerprint density at radius 1 is 1.30 bits per heavy atom. The van der Waals surface area contributed by atoms with Gasteiger partial charge in [-0.1, -0.05) is 13.3 Å². The molecular formula is C15H27NO3S. The van der Waals surface area contributed by atoms with Crippen LogP contribution < -0.4 is 0 Å². The van der Waals surface area contributed by atoms with E-state index in [-0.39, 0.29) is 23.5 Å². The standard InChI is InChI=1S/C15H27NO3S/c1-4-20(18,19)10-11(2)16(3)15(17)9-14-8-12-5-6-13(14)7-12/h11-14H,4-10H2,1-3H3. The summed E-state index contributed by atoms with van der Waals surface area (Å²) in [6, 6.07) is -0.231. The predicted octanol–water partition coefficient (Wildman–Crippen LogP) is 2.09. The summed E-state index contributed by atoms with van der Waals surface area (Å²) in [5.74, 6) is 2.46. The van der Waals surface area contributed by atoms with Crippen LogP contribution in [0.15, 0.2) is 0 Å². The third kappa shape index (κ3) is 3.54. The number of carbonyl (C=O) groups is 1. The summed E-state index contributed by atoms with van der Waals surface area (Å²) in [6.07, 6.45) is 5.74. The molecule has 2 aliphatic rings. The van der Waals surface area contributed by atoms with Crippen LogP contribution in [0.3, 0.4) is 0 Å². The molecule has 5 heteroatoms. The predicted molar refractivity (Wildman–Crippen MR) is 80.1 cm³/mol. The zero-order valence-corrected chi connectivity index (χ0v) is 13.7. The summed E-state index contributed by atoms with van der Waals surface area (Å²) >= 11 is 0. The maximum atomic E-state index is 12.3. The molecule has 0 spiro atoms. The van der Waals surface area contributed by atoms with Crippen LogP contribution in [0.25, 0.3) is 0 Å². The van der Waals surface area contributed by atoms with Crippen molar-refractivity contribution in [3.8, 4) is 0 Å². The molecule has 2 saturated carbocycles. The van der Waals surface area contributed by atoms with Crippen molar-refractivity contribution < 1.29 is 13.2 Å². The zero-order valence-electron chi connectivity index (χ0n) is 12.8. The van der Waals surface area contributed by atoms with Crippen molar-refractivity contribution >= 4 is 15.7 Å². The van der Waals surface area contributed by atoms with E-state index in [1.54, 1.807) is 18.9 Å². The highest BCUT2D eigenvalue weighted by Crippen LogP contribution is 2.49. The fourth-order valence-electron chi connectivity index (χ4n) is 3.84. The van der Waals surface area contributed by atoms with Crippen LogP contribution in [0.1, 0.15) is 46.0 Å².